The first-order valence-electron chi connectivity index (χ1n) is 7.87. The molecule has 0 aliphatic heterocycles. The van der Waals surface area contributed by atoms with Crippen molar-refractivity contribution in [2.24, 2.45) is 5.73 Å². The SMILES string of the molecule is CNc1cccc(-c2c(F)cc(C(N)=O)c3[nH]c(C)c(C)c23)c1SC. The number of thioether (sulfide) groups is 1. The van der Waals surface area contributed by atoms with E-state index in [0.29, 0.717) is 16.5 Å². The van der Waals surface area contributed by atoms with Gasteiger partial charge >= 0.3 is 0 Å². The summed E-state index contributed by atoms with van der Waals surface area (Å²) in [5.41, 5.74) is 10.2. The molecule has 4 N–H and O–H groups in total. The Morgan fingerprint density at radius 3 is 2.64 bits per heavy atom. The topological polar surface area (TPSA) is 70.9 Å². The van der Waals surface area contributed by atoms with E-state index in [4.69, 9.17) is 5.73 Å². The number of amides is 1. The monoisotopic (exact) mass is 357 g/mol. The molecular formula is C19H20FN3OS. The molecule has 2 aromatic carbocycles. The van der Waals surface area contributed by atoms with E-state index in [9.17, 15) is 4.79 Å². The first kappa shape index (κ1) is 17.4. The fourth-order valence-electron chi connectivity index (χ4n) is 3.23. The van der Waals surface area contributed by atoms with Gasteiger partial charge in [-0.3, -0.25) is 4.79 Å². The standard InChI is InChI=1S/C19H20FN3OS/c1-9-10(2)23-17-12(19(21)24)8-13(20)16(15(9)17)11-6-5-7-14(22-3)18(11)25-4/h5-8,22-23H,1-4H3,(H2,21,24). The fourth-order valence-corrected chi connectivity index (χ4v) is 4.01. The van der Waals surface area contributed by atoms with Gasteiger partial charge in [0, 0.05) is 39.8 Å². The van der Waals surface area contributed by atoms with Crippen molar-refractivity contribution in [1.82, 2.24) is 4.98 Å². The smallest absolute Gasteiger partial charge is 0.250 e. The number of anilines is 1. The molecule has 0 radical (unpaired) electrons. The molecular weight excluding hydrogens is 337 g/mol. The second kappa shape index (κ2) is 6.44. The molecule has 0 saturated heterocycles. The molecule has 3 aromatic rings. The number of carbonyl (C=O) groups is 1. The minimum Gasteiger partial charge on any atom is -0.387 e. The van der Waals surface area contributed by atoms with E-state index >= 15 is 4.39 Å². The van der Waals surface area contributed by atoms with Crippen LogP contribution in [0.5, 0.6) is 0 Å². The van der Waals surface area contributed by atoms with Crippen molar-refractivity contribution < 1.29 is 9.18 Å². The molecule has 0 spiro atoms. The Morgan fingerprint density at radius 1 is 1.32 bits per heavy atom. The van der Waals surface area contributed by atoms with Crippen LogP contribution in [0.3, 0.4) is 0 Å². The number of carbonyl (C=O) groups excluding carboxylic acids is 1. The van der Waals surface area contributed by atoms with Gasteiger partial charge in [-0.25, -0.2) is 4.39 Å². The summed E-state index contributed by atoms with van der Waals surface area (Å²) in [4.78, 5) is 15.9. The molecule has 0 aliphatic rings. The first-order chi connectivity index (χ1) is 11.9. The molecule has 130 valence electrons. The lowest BCUT2D eigenvalue weighted by atomic mass is 9.95. The molecule has 0 fully saturated rings. The van der Waals surface area contributed by atoms with Gasteiger partial charge in [0.15, 0.2) is 0 Å². The number of nitrogens with two attached hydrogens (primary N) is 1. The third kappa shape index (κ3) is 2.66. The zero-order chi connectivity index (χ0) is 18.3. The second-order valence-electron chi connectivity index (χ2n) is 5.91. The van der Waals surface area contributed by atoms with E-state index in [1.807, 2.05) is 45.4 Å². The minimum absolute atomic E-state index is 0.169. The van der Waals surface area contributed by atoms with Gasteiger partial charge in [-0.05, 0) is 37.8 Å². The Kier molecular flexibility index (Phi) is 4.47. The van der Waals surface area contributed by atoms with Crippen LogP contribution >= 0.6 is 11.8 Å². The normalized spacial score (nSPS) is 11.1. The molecule has 0 aliphatic carbocycles. The highest BCUT2D eigenvalue weighted by Gasteiger charge is 2.23. The second-order valence-corrected chi connectivity index (χ2v) is 6.72. The number of rotatable bonds is 4. The van der Waals surface area contributed by atoms with Crippen LogP contribution in [0.2, 0.25) is 0 Å². The molecule has 25 heavy (non-hydrogen) atoms. The minimum atomic E-state index is -0.647. The summed E-state index contributed by atoms with van der Waals surface area (Å²) in [6.07, 6.45) is 1.96. The van der Waals surface area contributed by atoms with Crippen molar-refractivity contribution in [2.75, 3.05) is 18.6 Å². The van der Waals surface area contributed by atoms with Crippen molar-refractivity contribution in [3.8, 4) is 11.1 Å². The number of fused-ring (bicyclic) bond motifs is 1. The van der Waals surface area contributed by atoms with Gasteiger partial charge < -0.3 is 16.0 Å². The number of hydrogen-bond donors (Lipinski definition) is 3. The third-order valence-corrected chi connectivity index (χ3v) is 5.40. The maximum absolute atomic E-state index is 15.1. The molecule has 0 unspecified atom stereocenters. The molecule has 1 heterocycles. The van der Waals surface area contributed by atoms with Crippen LogP contribution in [0.4, 0.5) is 10.1 Å². The van der Waals surface area contributed by atoms with E-state index in [2.05, 4.69) is 10.3 Å². The van der Waals surface area contributed by atoms with Crippen LogP contribution < -0.4 is 11.1 Å². The summed E-state index contributed by atoms with van der Waals surface area (Å²) in [5, 5.41) is 3.85. The molecule has 0 bridgehead atoms. The summed E-state index contributed by atoms with van der Waals surface area (Å²) < 4.78 is 15.1. The van der Waals surface area contributed by atoms with Crippen LogP contribution in [0.25, 0.3) is 22.0 Å². The average Bonchev–Trinajstić information content (AvgIpc) is 2.88. The van der Waals surface area contributed by atoms with E-state index in [-0.39, 0.29) is 5.56 Å². The van der Waals surface area contributed by atoms with Gasteiger partial charge in [-0.2, -0.15) is 0 Å². The van der Waals surface area contributed by atoms with E-state index in [1.54, 1.807) is 11.8 Å². The zero-order valence-corrected chi connectivity index (χ0v) is 15.4. The van der Waals surface area contributed by atoms with Crippen molar-refractivity contribution in [3.63, 3.8) is 0 Å². The highest BCUT2D eigenvalue weighted by molar-refractivity contribution is 7.98. The van der Waals surface area contributed by atoms with E-state index in [0.717, 1.165) is 27.4 Å². The Morgan fingerprint density at radius 2 is 2.04 bits per heavy atom. The predicted octanol–water partition coefficient (Wildman–Crippen LogP) is 4.45. The van der Waals surface area contributed by atoms with Gasteiger partial charge in [-0.1, -0.05) is 12.1 Å². The number of aromatic amines is 1. The number of aryl methyl sites for hydroxylation is 2. The summed E-state index contributed by atoms with van der Waals surface area (Å²) in [7, 11) is 1.84. The molecule has 4 nitrogen and oxygen atoms in total. The Labute approximate surface area is 150 Å². The largest absolute Gasteiger partial charge is 0.387 e. The lowest BCUT2D eigenvalue weighted by Gasteiger charge is -2.15. The number of H-pyrrole nitrogens is 1. The number of benzene rings is 2. The quantitative estimate of drug-likeness (QED) is 0.604. The van der Waals surface area contributed by atoms with Gasteiger partial charge in [0.25, 0.3) is 5.91 Å². The zero-order valence-electron chi connectivity index (χ0n) is 14.6. The number of aromatic nitrogens is 1. The number of halogens is 1. The fraction of sp³-hybridized carbons (Fsp3) is 0.211. The predicted molar refractivity (Wildman–Crippen MR) is 103 cm³/mol. The van der Waals surface area contributed by atoms with Crippen LogP contribution in [-0.2, 0) is 0 Å². The van der Waals surface area contributed by atoms with Crippen LogP contribution in [0, 0.1) is 19.7 Å². The lowest BCUT2D eigenvalue weighted by molar-refractivity contribution is 0.100. The molecule has 3 rings (SSSR count). The first-order valence-corrected chi connectivity index (χ1v) is 9.09. The Hall–Kier alpha value is -2.47. The van der Waals surface area contributed by atoms with Crippen molar-refractivity contribution >= 4 is 34.3 Å². The summed E-state index contributed by atoms with van der Waals surface area (Å²) in [6, 6.07) is 6.97. The van der Waals surface area contributed by atoms with Gasteiger partial charge in [0.1, 0.15) is 5.82 Å². The van der Waals surface area contributed by atoms with Gasteiger partial charge in [0.2, 0.25) is 0 Å². The average molecular weight is 357 g/mol. The highest BCUT2D eigenvalue weighted by atomic mass is 32.2. The van der Waals surface area contributed by atoms with Crippen molar-refractivity contribution in [3.05, 3.63) is 46.9 Å². The number of primary amides is 1. The van der Waals surface area contributed by atoms with Gasteiger partial charge in [0.05, 0.1) is 11.1 Å². The van der Waals surface area contributed by atoms with Crippen molar-refractivity contribution in [2.45, 2.75) is 18.7 Å². The van der Waals surface area contributed by atoms with Crippen LogP contribution in [0.1, 0.15) is 21.6 Å². The molecule has 0 atom stereocenters. The number of hydrogen-bond acceptors (Lipinski definition) is 3. The molecule has 6 heteroatoms. The number of nitrogens with one attached hydrogen (secondary N) is 2. The van der Waals surface area contributed by atoms with E-state index in [1.165, 1.54) is 6.07 Å². The lowest BCUT2D eigenvalue weighted by Crippen LogP contribution is -2.12. The maximum atomic E-state index is 15.1. The Bertz CT molecular complexity index is 994. The van der Waals surface area contributed by atoms with Crippen molar-refractivity contribution in [1.29, 1.82) is 0 Å². The summed E-state index contributed by atoms with van der Waals surface area (Å²) >= 11 is 1.55. The van der Waals surface area contributed by atoms with E-state index < -0.39 is 11.7 Å². The van der Waals surface area contributed by atoms with Crippen LogP contribution in [0.15, 0.2) is 29.2 Å². The van der Waals surface area contributed by atoms with Gasteiger partial charge in [-0.15, -0.1) is 11.8 Å². The highest BCUT2D eigenvalue weighted by Crippen LogP contribution is 2.42. The third-order valence-electron chi connectivity index (χ3n) is 4.55. The Balaban J connectivity index is 2.49. The molecule has 0 saturated carbocycles. The summed E-state index contributed by atoms with van der Waals surface area (Å²) in [6.45, 7) is 3.82. The molecule has 1 aromatic heterocycles. The van der Waals surface area contributed by atoms with Crippen LogP contribution in [-0.4, -0.2) is 24.2 Å². The maximum Gasteiger partial charge on any atom is 0.250 e. The molecule has 1 amide bonds. The summed E-state index contributed by atoms with van der Waals surface area (Å²) in [5.74, 6) is -1.10.